The summed E-state index contributed by atoms with van der Waals surface area (Å²) in [4.78, 5) is 34.5. The minimum atomic E-state index is -0.975. The lowest BCUT2D eigenvalue weighted by Crippen LogP contribution is -2.49. The van der Waals surface area contributed by atoms with Gasteiger partial charge in [0, 0.05) is 43.9 Å². The molecule has 0 aliphatic carbocycles. The number of amides is 1. The largest absolute Gasteiger partial charge is 0.366 e. The summed E-state index contributed by atoms with van der Waals surface area (Å²) in [6.45, 7) is 3.19. The van der Waals surface area contributed by atoms with Crippen LogP contribution in [-0.4, -0.2) is 58.5 Å². The number of thioether (sulfide) groups is 1. The van der Waals surface area contributed by atoms with Crippen molar-refractivity contribution in [3.8, 4) is 0 Å². The van der Waals surface area contributed by atoms with Crippen molar-refractivity contribution in [1.82, 2.24) is 14.9 Å². The normalized spacial score (nSPS) is 14.3. The van der Waals surface area contributed by atoms with Crippen LogP contribution in [0, 0.1) is 17.5 Å². The second-order valence-corrected chi connectivity index (χ2v) is 8.17. The Morgan fingerprint density at radius 3 is 2.42 bits per heavy atom. The lowest BCUT2D eigenvalue weighted by atomic mass is 10.1. The molecule has 1 aromatic heterocycles. The third kappa shape index (κ3) is 4.53. The van der Waals surface area contributed by atoms with Crippen molar-refractivity contribution < 1.29 is 22.8 Å². The molecule has 1 saturated heterocycles. The van der Waals surface area contributed by atoms with Crippen molar-refractivity contribution in [2.75, 3.05) is 36.8 Å². The highest BCUT2D eigenvalue weighted by molar-refractivity contribution is 7.99. The first-order chi connectivity index (χ1) is 14.8. The lowest BCUT2D eigenvalue weighted by molar-refractivity contribution is -0.128. The van der Waals surface area contributed by atoms with E-state index in [4.69, 9.17) is 0 Å². The number of carbonyl (C=O) groups excluding carboxylic acids is 2. The zero-order chi connectivity index (χ0) is 22.1. The zero-order valence-electron chi connectivity index (χ0n) is 16.6. The molecule has 1 amide bonds. The Bertz CT molecular complexity index is 1120. The maximum atomic E-state index is 14.4. The summed E-state index contributed by atoms with van der Waals surface area (Å²) in [7, 11) is 0. The fourth-order valence-corrected chi connectivity index (χ4v) is 4.24. The van der Waals surface area contributed by atoms with E-state index in [0.717, 1.165) is 23.9 Å². The summed E-state index contributed by atoms with van der Waals surface area (Å²) in [6, 6.07) is 6.46. The number of hydrogen-bond donors (Lipinski definition) is 1. The molecule has 1 fully saturated rings. The highest BCUT2D eigenvalue weighted by Gasteiger charge is 2.23. The van der Waals surface area contributed by atoms with E-state index in [-0.39, 0.29) is 17.4 Å². The predicted molar refractivity (Wildman–Crippen MR) is 112 cm³/mol. The number of ketones is 1. The molecule has 3 aromatic rings. The summed E-state index contributed by atoms with van der Waals surface area (Å²) >= 11 is 1.16. The van der Waals surface area contributed by atoms with Crippen LogP contribution in [0.25, 0.3) is 11.0 Å². The van der Waals surface area contributed by atoms with Crippen molar-refractivity contribution in [2.24, 2.45) is 0 Å². The summed E-state index contributed by atoms with van der Waals surface area (Å²) in [6.07, 6.45) is 0. The fraction of sp³-hybridized carbons (Fsp3) is 0.286. The van der Waals surface area contributed by atoms with Gasteiger partial charge in [0.05, 0.1) is 22.5 Å². The zero-order valence-corrected chi connectivity index (χ0v) is 17.4. The van der Waals surface area contributed by atoms with Crippen LogP contribution >= 0.6 is 11.8 Å². The van der Waals surface area contributed by atoms with Crippen LogP contribution in [0.4, 0.5) is 18.9 Å². The second-order valence-electron chi connectivity index (χ2n) is 7.20. The lowest BCUT2D eigenvalue weighted by Gasteiger charge is -2.36. The van der Waals surface area contributed by atoms with Crippen molar-refractivity contribution in [3.63, 3.8) is 0 Å². The van der Waals surface area contributed by atoms with E-state index in [1.807, 2.05) is 4.90 Å². The molecule has 0 radical (unpaired) electrons. The molecule has 10 heteroatoms. The molecular weight excluding hydrogens is 429 g/mol. The van der Waals surface area contributed by atoms with Crippen LogP contribution in [0.15, 0.2) is 35.5 Å². The van der Waals surface area contributed by atoms with Crippen LogP contribution in [-0.2, 0) is 4.79 Å². The number of benzene rings is 2. The molecule has 31 heavy (non-hydrogen) atoms. The van der Waals surface area contributed by atoms with Crippen molar-refractivity contribution in [2.45, 2.75) is 12.1 Å². The fourth-order valence-electron chi connectivity index (χ4n) is 3.45. The molecule has 0 bridgehead atoms. The molecule has 1 N–H and O–H groups in total. The van der Waals surface area contributed by atoms with Gasteiger partial charge in [-0.15, -0.1) is 0 Å². The first-order valence-corrected chi connectivity index (χ1v) is 10.6. The Kier molecular flexibility index (Phi) is 5.90. The first kappa shape index (κ1) is 21.2. The third-order valence-corrected chi connectivity index (χ3v) is 6.02. The molecule has 2 heterocycles. The van der Waals surface area contributed by atoms with E-state index >= 15 is 0 Å². The van der Waals surface area contributed by atoms with E-state index in [1.54, 1.807) is 17.0 Å². The maximum Gasteiger partial charge on any atom is 0.233 e. The minimum Gasteiger partial charge on any atom is -0.366 e. The van der Waals surface area contributed by atoms with Crippen LogP contribution in [0.2, 0.25) is 0 Å². The molecule has 1 aliphatic rings. The van der Waals surface area contributed by atoms with Crippen LogP contribution in [0.1, 0.15) is 17.3 Å². The monoisotopic (exact) mass is 448 g/mol. The highest BCUT2D eigenvalue weighted by Crippen LogP contribution is 2.24. The molecule has 4 rings (SSSR count). The Balaban J connectivity index is 1.33. The van der Waals surface area contributed by atoms with Gasteiger partial charge in [-0.05, 0) is 25.1 Å². The van der Waals surface area contributed by atoms with E-state index < -0.39 is 17.5 Å². The van der Waals surface area contributed by atoms with Gasteiger partial charge in [-0.2, -0.15) is 0 Å². The Morgan fingerprint density at radius 2 is 1.74 bits per heavy atom. The summed E-state index contributed by atoms with van der Waals surface area (Å²) < 4.78 is 41.0. The number of carbonyl (C=O) groups is 2. The maximum absolute atomic E-state index is 14.4. The van der Waals surface area contributed by atoms with Gasteiger partial charge in [0.2, 0.25) is 5.91 Å². The number of nitrogens with zero attached hydrogens (tertiary/aromatic N) is 3. The number of halogens is 3. The molecule has 0 spiro atoms. The first-order valence-electron chi connectivity index (χ1n) is 9.62. The van der Waals surface area contributed by atoms with Gasteiger partial charge in [0.25, 0.3) is 0 Å². The highest BCUT2D eigenvalue weighted by atomic mass is 32.2. The van der Waals surface area contributed by atoms with Crippen LogP contribution in [0.5, 0.6) is 0 Å². The Morgan fingerprint density at radius 1 is 1.03 bits per heavy atom. The van der Waals surface area contributed by atoms with Crippen LogP contribution in [0.3, 0.4) is 0 Å². The number of fused-ring (bicyclic) bond motifs is 1. The second kappa shape index (κ2) is 8.62. The van der Waals surface area contributed by atoms with Crippen LogP contribution < -0.4 is 4.90 Å². The molecule has 1 aliphatic heterocycles. The Labute approximate surface area is 180 Å². The number of piperazine rings is 1. The van der Waals surface area contributed by atoms with Gasteiger partial charge in [-0.25, -0.2) is 18.2 Å². The number of nitrogens with one attached hydrogen (secondary N) is 1. The van der Waals surface area contributed by atoms with Gasteiger partial charge >= 0.3 is 0 Å². The van der Waals surface area contributed by atoms with Gasteiger partial charge in [0.1, 0.15) is 5.82 Å². The molecule has 6 nitrogen and oxygen atoms in total. The summed E-state index contributed by atoms with van der Waals surface area (Å²) in [5.41, 5.74) is 1.39. The SMILES string of the molecule is CC(=O)c1ccc(N2CCN(C(=O)CSc3nc4cc(F)c(F)cc4[nH]3)CC2)c(F)c1. The van der Waals surface area contributed by atoms with Gasteiger partial charge in [0.15, 0.2) is 22.6 Å². The molecule has 0 unspecified atom stereocenters. The Hall–Kier alpha value is -3.01. The number of aromatic amines is 1. The number of rotatable bonds is 5. The quantitative estimate of drug-likeness (QED) is 0.477. The molecular formula is C21H19F3N4O2S. The molecule has 2 aromatic carbocycles. The topological polar surface area (TPSA) is 69.3 Å². The standard InChI is InChI=1S/C21H19F3N4O2S/c1-12(29)13-2-3-19(16(24)8-13)27-4-6-28(7-5-27)20(30)11-31-21-25-17-9-14(22)15(23)10-18(17)26-21/h2-3,8-10H,4-7,11H2,1H3,(H,25,26). The van der Waals surface area contributed by atoms with E-state index in [2.05, 4.69) is 9.97 Å². The van der Waals surface area contributed by atoms with Gasteiger partial charge in [-0.3, -0.25) is 9.59 Å². The number of Topliss-reactive ketones (excluding diaryl/α,β-unsaturated/α-hetero) is 1. The van der Waals surface area contributed by atoms with E-state index in [1.165, 1.54) is 13.0 Å². The molecule has 162 valence electrons. The van der Waals surface area contributed by atoms with Gasteiger partial charge < -0.3 is 14.8 Å². The number of aromatic nitrogens is 2. The third-order valence-electron chi connectivity index (χ3n) is 5.16. The number of H-pyrrole nitrogens is 1. The number of imidazole rings is 1. The van der Waals surface area contributed by atoms with Crippen molar-refractivity contribution >= 4 is 40.2 Å². The summed E-state index contributed by atoms with van der Waals surface area (Å²) in [5, 5.41) is 0.402. The summed E-state index contributed by atoms with van der Waals surface area (Å²) in [5.74, 6) is -2.58. The molecule has 0 atom stereocenters. The number of anilines is 1. The average Bonchev–Trinajstić information content (AvgIpc) is 3.13. The smallest absolute Gasteiger partial charge is 0.233 e. The van der Waals surface area contributed by atoms with Crippen molar-refractivity contribution in [1.29, 1.82) is 0 Å². The van der Waals surface area contributed by atoms with Crippen molar-refractivity contribution in [3.05, 3.63) is 53.3 Å². The predicted octanol–water partition coefficient (Wildman–Crippen LogP) is 3.62. The number of hydrogen-bond acceptors (Lipinski definition) is 5. The van der Waals surface area contributed by atoms with E-state index in [9.17, 15) is 22.8 Å². The minimum absolute atomic E-state index is 0.102. The average molecular weight is 448 g/mol. The van der Waals surface area contributed by atoms with E-state index in [0.29, 0.717) is 53.6 Å². The van der Waals surface area contributed by atoms with Gasteiger partial charge in [-0.1, -0.05) is 11.8 Å². The molecule has 0 saturated carbocycles.